The monoisotopic (exact) mass is 467 g/mol. The average molecular weight is 468 g/mol. The Kier molecular flexibility index (Phi) is 6.93. The average Bonchev–Trinajstić information content (AvgIpc) is 3.01. The van der Waals surface area contributed by atoms with Crippen LogP contribution in [0.4, 0.5) is 5.69 Å². The van der Waals surface area contributed by atoms with Gasteiger partial charge in [-0.25, -0.2) is 0 Å². The largest absolute Gasteiger partial charge is 0.493 e. The second-order valence-electron chi connectivity index (χ2n) is 6.39. The zero-order chi connectivity index (χ0) is 21.5. The molecule has 1 heterocycles. The van der Waals surface area contributed by atoms with Crippen LogP contribution in [0.5, 0.6) is 5.88 Å². The fourth-order valence-corrected chi connectivity index (χ4v) is 3.34. The highest BCUT2D eigenvalue weighted by Crippen LogP contribution is 2.38. The van der Waals surface area contributed by atoms with Crippen molar-refractivity contribution in [2.75, 3.05) is 6.54 Å². The SMILES string of the molecule is N#CCCCn1c(O)c(N=NC(=O)CNC(=O)c2cccc(Br)c2)c2ccccc21. The van der Waals surface area contributed by atoms with Gasteiger partial charge in [0.05, 0.1) is 11.6 Å². The minimum absolute atomic E-state index is 0.121. The van der Waals surface area contributed by atoms with Gasteiger partial charge in [0.15, 0.2) is 5.69 Å². The third-order valence-electron chi connectivity index (χ3n) is 4.34. The van der Waals surface area contributed by atoms with Gasteiger partial charge >= 0.3 is 0 Å². The molecule has 0 radical (unpaired) electrons. The van der Waals surface area contributed by atoms with Crippen molar-refractivity contribution in [1.29, 1.82) is 5.26 Å². The number of nitriles is 1. The van der Waals surface area contributed by atoms with E-state index in [1.165, 1.54) is 0 Å². The van der Waals surface area contributed by atoms with E-state index in [1.807, 2.05) is 12.1 Å². The van der Waals surface area contributed by atoms with Crippen molar-refractivity contribution in [2.45, 2.75) is 19.4 Å². The van der Waals surface area contributed by atoms with Crippen molar-refractivity contribution in [2.24, 2.45) is 10.2 Å². The third kappa shape index (κ3) is 4.90. The van der Waals surface area contributed by atoms with Crippen molar-refractivity contribution in [3.63, 3.8) is 0 Å². The summed E-state index contributed by atoms with van der Waals surface area (Å²) < 4.78 is 2.39. The quantitative estimate of drug-likeness (QED) is 0.393. The molecular formula is C21H18BrN5O3. The summed E-state index contributed by atoms with van der Waals surface area (Å²) in [5.74, 6) is -1.18. The number of unbranched alkanes of at least 4 members (excludes halogenated alkanes) is 1. The summed E-state index contributed by atoms with van der Waals surface area (Å²) in [5, 5.41) is 30.0. The molecule has 0 unspecified atom stereocenters. The third-order valence-corrected chi connectivity index (χ3v) is 4.83. The van der Waals surface area contributed by atoms with E-state index in [4.69, 9.17) is 5.26 Å². The Balaban J connectivity index is 1.72. The first-order chi connectivity index (χ1) is 14.5. The van der Waals surface area contributed by atoms with Gasteiger partial charge in [-0.15, -0.1) is 10.2 Å². The molecule has 2 N–H and O–H groups in total. The number of para-hydroxylation sites is 1. The van der Waals surface area contributed by atoms with Crippen molar-refractivity contribution < 1.29 is 14.7 Å². The smallest absolute Gasteiger partial charge is 0.283 e. The van der Waals surface area contributed by atoms with Gasteiger partial charge in [0.2, 0.25) is 5.88 Å². The molecule has 2 amide bonds. The molecule has 0 aliphatic heterocycles. The molecule has 2 aromatic carbocycles. The number of amides is 2. The van der Waals surface area contributed by atoms with Crippen LogP contribution in [0.3, 0.4) is 0 Å². The Bertz CT molecular complexity index is 1160. The lowest BCUT2D eigenvalue weighted by molar-refractivity contribution is -0.117. The van der Waals surface area contributed by atoms with E-state index in [1.54, 1.807) is 41.0 Å². The Hall–Kier alpha value is -3.51. The number of benzene rings is 2. The van der Waals surface area contributed by atoms with Crippen LogP contribution in [-0.2, 0) is 11.3 Å². The molecule has 1 aromatic heterocycles. The van der Waals surface area contributed by atoms with E-state index < -0.39 is 11.8 Å². The molecule has 30 heavy (non-hydrogen) atoms. The fourth-order valence-electron chi connectivity index (χ4n) is 2.94. The molecule has 3 rings (SSSR count). The second-order valence-corrected chi connectivity index (χ2v) is 7.31. The molecule has 0 aliphatic rings. The maximum Gasteiger partial charge on any atom is 0.283 e. The number of rotatable bonds is 7. The summed E-state index contributed by atoms with van der Waals surface area (Å²) in [5.41, 5.74) is 1.32. The van der Waals surface area contributed by atoms with E-state index in [9.17, 15) is 14.7 Å². The Morgan fingerprint density at radius 3 is 2.77 bits per heavy atom. The van der Waals surface area contributed by atoms with Crippen LogP contribution < -0.4 is 5.32 Å². The summed E-state index contributed by atoms with van der Waals surface area (Å²) in [7, 11) is 0. The molecule has 0 aliphatic carbocycles. The van der Waals surface area contributed by atoms with Gasteiger partial charge in [0, 0.05) is 28.4 Å². The van der Waals surface area contributed by atoms with Gasteiger partial charge < -0.3 is 15.0 Å². The molecular weight excluding hydrogens is 450 g/mol. The molecule has 0 atom stereocenters. The van der Waals surface area contributed by atoms with Crippen LogP contribution in [0.2, 0.25) is 0 Å². The molecule has 152 valence electrons. The molecule has 8 nitrogen and oxygen atoms in total. The number of azo groups is 1. The Morgan fingerprint density at radius 1 is 1.20 bits per heavy atom. The number of nitrogens with one attached hydrogen (secondary N) is 1. The normalized spacial score (nSPS) is 10.9. The Labute approximate surface area is 181 Å². The summed E-state index contributed by atoms with van der Waals surface area (Å²) >= 11 is 3.29. The van der Waals surface area contributed by atoms with Gasteiger partial charge in [-0.2, -0.15) is 5.26 Å². The number of carbonyl (C=O) groups is 2. The van der Waals surface area contributed by atoms with Crippen LogP contribution in [0.15, 0.2) is 63.2 Å². The first-order valence-corrected chi connectivity index (χ1v) is 9.96. The highest BCUT2D eigenvalue weighted by Gasteiger charge is 2.16. The molecule has 0 spiro atoms. The number of carbonyl (C=O) groups excluding carboxylic acids is 2. The second kappa shape index (κ2) is 9.80. The molecule has 3 aromatic rings. The standard InChI is InChI=1S/C21H18BrN5O3/c22-15-7-5-6-14(12-15)20(29)24-13-18(28)25-26-19-16-8-1-2-9-17(16)27(21(19)30)11-4-3-10-23/h1-2,5-9,12,30H,3-4,11,13H2,(H,24,29). The van der Waals surface area contributed by atoms with Gasteiger partial charge in [-0.05, 0) is 30.7 Å². The van der Waals surface area contributed by atoms with Crippen molar-refractivity contribution >= 4 is 44.3 Å². The lowest BCUT2D eigenvalue weighted by Gasteiger charge is -2.04. The van der Waals surface area contributed by atoms with Crippen LogP contribution >= 0.6 is 15.9 Å². The van der Waals surface area contributed by atoms with Crippen LogP contribution in [0, 0.1) is 11.3 Å². The lowest BCUT2D eigenvalue weighted by atomic mass is 10.2. The molecule has 0 saturated heterocycles. The van der Waals surface area contributed by atoms with Crippen LogP contribution in [0.1, 0.15) is 23.2 Å². The number of aromatic nitrogens is 1. The fraction of sp³-hybridized carbons (Fsp3) is 0.190. The highest BCUT2D eigenvalue weighted by atomic mass is 79.9. The summed E-state index contributed by atoms with van der Waals surface area (Å²) in [4.78, 5) is 24.2. The number of aryl methyl sites for hydroxylation is 1. The minimum atomic E-state index is -0.654. The molecule has 0 bridgehead atoms. The lowest BCUT2D eigenvalue weighted by Crippen LogP contribution is -2.28. The number of nitrogens with zero attached hydrogens (tertiary/aromatic N) is 4. The Morgan fingerprint density at radius 2 is 2.00 bits per heavy atom. The van der Waals surface area contributed by atoms with E-state index in [0.717, 1.165) is 9.99 Å². The highest BCUT2D eigenvalue weighted by molar-refractivity contribution is 9.10. The number of aromatic hydroxyl groups is 1. The van der Waals surface area contributed by atoms with E-state index in [0.29, 0.717) is 30.3 Å². The first kappa shape index (κ1) is 21.2. The van der Waals surface area contributed by atoms with Gasteiger partial charge in [-0.1, -0.05) is 40.2 Å². The topological polar surface area (TPSA) is 120 Å². The van der Waals surface area contributed by atoms with E-state index in [-0.39, 0.29) is 18.1 Å². The first-order valence-electron chi connectivity index (χ1n) is 9.16. The van der Waals surface area contributed by atoms with Crippen molar-refractivity contribution in [1.82, 2.24) is 9.88 Å². The van der Waals surface area contributed by atoms with Gasteiger partial charge in [-0.3, -0.25) is 9.59 Å². The zero-order valence-corrected chi connectivity index (χ0v) is 17.5. The molecule has 0 saturated carbocycles. The predicted octanol–water partition coefficient (Wildman–Crippen LogP) is 4.45. The number of hydrogen-bond acceptors (Lipinski definition) is 5. The maximum absolute atomic E-state index is 12.1. The van der Waals surface area contributed by atoms with E-state index >= 15 is 0 Å². The maximum atomic E-state index is 12.1. The summed E-state index contributed by atoms with van der Waals surface area (Å²) in [6, 6.07) is 16.1. The van der Waals surface area contributed by atoms with E-state index in [2.05, 4.69) is 37.5 Å². The summed E-state index contributed by atoms with van der Waals surface area (Å²) in [6.45, 7) is 0.114. The minimum Gasteiger partial charge on any atom is -0.493 e. The number of hydrogen-bond donors (Lipinski definition) is 2. The summed E-state index contributed by atoms with van der Waals surface area (Å²) in [6.07, 6.45) is 0.929. The number of fused-ring (bicyclic) bond motifs is 1. The zero-order valence-electron chi connectivity index (χ0n) is 15.9. The molecule has 0 fully saturated rings. The van der Waals surface area contributed by atoms with Crippen molar-refractivity contribution in [3.8, 4) is 11.9 Å². The van der Waals surface area contributed by atoms with Crippen LogP contribution in [-0.4, -0.2) is 28.0 Å². The van der Waals surface area contributed by atoms with Crippen molar-refractivity contribution in [3.05, 3.63) is 58.6 Å². The number of halogens is 1. The van der Waals surface area contributed by atoms with Gasteiger partial charge in [0.1, 0.15) is 6.54 Å². The van der Waals surface area contributed by atoms with Gasteiger partial charge in [0.25, 0.3) is 11.8 Å². The predicted molar refractivity (Wildman–Crippen MR) is 114 cm³/mol. The van der Waals surface area contributed by atoms with Crippen LogP contribution in [0.25, 0.3) is 10.9 Å². The molecule has 9 heteroatoms.